The highest BCUT2D eigenvalue weighted by atomic mass is 35.6. The monoisotopic (exact) mass is 228 g/mol. The average Bonchev–Trinajstić information content (AvgIpc) is 2.30. The van der Waals surface area contributed by atoms with Crippen LogP contribution in [0.1, 0.15) is 5.69 Å². The molecule has 1 aromatic rings. The van der Waals surface area contributed by atoms with E-state index in [9.17, 15) is 10.1 Å². The van der Waals surface area contributed by atoms with Crippen molar-refractivity contribution in [1.29, 1.82) is 0 Å². The van der Waals surface area contributed by atoms with Crippen molar-refractivity contribution in [3.05, 3.63) is 27.9 Å². The maximum Gasteiger partial charge on any atom is 0.321 e. The predicted octanol–water partition coefficient (Wildman–Crippen LogP) is 2.75. The van der Waals surface area contributed by atoms with Gasteiger partial charge >= 0.3 is 5.82 Å². The summed E-state index contributed by atoms with van der Waals surface area (Å²) in [7, 11) is 0. The van der Waals surface area contributed by atoms with Crippen molar-refractivity contribution in [3.63, 3.8) is 0 Å². The molecule has 0 atom stereocenters. The van der Waals surface area contributed by atoms with Gasteiger partial charge in [-0.2, -0.15) is 0 Å². The Kier molecular flexibility index (Phi) is 2.51. The normalized spacial score (nSPS) is 11.6. The molecule has 4 nitrogen and oxygen atoms in total. The predicted molar refractivity (Wildman–Crippen MR) is 46.7 cm³/mol. The fraction of sp³-hybridized carbons (Fsp3) is 0.200. The summed E-state index contributed by atoms with van der Waals surface area (Å²) in [4.78, 5) is 11.9. The fourth-order valence-corrected chi connectivity index (χ4v) is 0.986. The zero-order chi connectivity index (χ0) is 9.35. The van der Waals surface area contributed by atoms with Gasteiger partial charge in [0.05, 0.1) is 0 Å². The summed E-state index contributed by atoms with van der Waals surface area (Å²) in [5, 5.41) is 10.2. The standard InChI is InChI=1S/C5H3Cl3N2O2/c6-5(7,8)3-1-2-4(9-3)10(11)12/h1-2,9H. The Hall–Kier alpha value is -0.450. The summed E-state index contributed by atoms with van der Waals surface area (Å²) in [6, 6.07) is 2.59. The van der Waals surface area contributed by atoms with Crippen LogP contribution in [0, 0.1) is 10.1 Å². The van der Waals surface area contributed by atoms with Crippen LogP contribution in [0.4, 0.5) is 5.82 Å². The van der Waals surface area contributed by atoms with Crippen LogP contribution in [0.2, 0.25) is 0 Å². The van der Waals surface area contributed by atoms with E-state index in [1.54, 1.807) is 0 Å². The molecule has 0 aliphatic carbocycles. The highest BCUT2D eigenvalue weighted by Gasteiger charge is 2.28. The second-order valence-electron chi connectivity index (χ2n) is 2.01. The quantitative estimate of drug-likeness (QED) is 0.457. The number of H-pyrrole nitrogens is 1. The molecule has 0 aromatic carbocycles. The van der Waals surface area contributed by atoms with Crippen LogP contribution in [0.3, 0.4) is 0 Å². The van der Waals surface area contributed by atoms with E-state index in [4.69, 9.17) is 34.8 Å². The molecule has 0 unspecified atom stereocenters. The summed E-state index contributed by atoms with van der Waals surface area (Å²) in [6.45, 7) is 0. The first-order chi connectivity index (χ1) is 5.41. The summed E-state index contributed by atoms with van der Waals surface area (Å²) in [5.41, 5.74) is 0.180. The summed E-state index contributed by atoms with van der Waals surface area (Å²) in [6.07, 6.45) is 0. The summed E-state index contributed by atoms with van der Waals surface area (Å²) < 4.78 is -1.64. The smallest absolute Gasteiger partial charge is 0.321 e. The molecule has 0 fully saturated rings. The van der Waals surface area contributed by atoms with Crippen LogP contribution in [-0.2, 0) is 3.79 Å². The van der Waals surface area contributed by atoms with Gasteiger partial charge in [-0.15, -0.1) is 0 Å². The number of aromatic amines is 1. The number of aromatic nitrogens is 1. The summed E-state index contributed by atoms with van der Waals surface area (Å²) >= 11 is 16.4. The first-order valence-electron chi connectivity index (χ1n) is 2.82. The Morgan fingerprint density at radius 1 is 1.42 bits per heavy atom. The van der Waals surface area contributed by atoms with Crippen LogP contribution in [0.15, 0.2) is 12.1 Å². The molecular weight excluding hydrogens is 226 g/mol. The molecule has 1 rings (SSSR count). The molecule has 12 heavy (non-hydrogen) atoms. The maximum absolute atomic E-state index is 10.2. The van der Waals surface area contributed by atoms with Crippen molar-refractivity contribution in [2.45, 2.75) is 3.79 Å². The largest absolute Gasteiger partial charge is 0.358 e. The van der Waals surface area contributed by atoms with E-state index in [-0.39, 0.29) is 11.5 Å². The number of hydrogen-bond donors (Lipinski definition) is 1. The van der Waals surface area contributed by atoms with Crippen molar-refractivity contribution in [1.82, 2.24) is 4.98 Å². The Labute approximate surface area is 82.6 Å². The van der Waals surface area contributed by atoms with E-state index in [0.717, 1.165) is 0 Å². The number of hydrogen-bond acceptors (Lipinski definition) is 2. The molecule has 0 spiro atoms. The second kappa shape index (κ2) is 3.12. The molecule has 1 heterocycles. The lowest BCUT2D eigenvalue weighted by atomic mass is 10.5. The molecule has 66 valence electrons. The second-order valence-corrected chi connectivity index (χ2v) is 4.29. The lowest BCUT2D eigenvalue weighted by Crippen LogP contribution is -2.00. The molecule has 1 N–H and O–H groups in total. The molecule has 0 radical (unpaired) electrons. The van der Waals surface area contributed by atoms with E-state index in [2.05, 4.69) is 4.98 Å². The topological polar surface area (TPSA) is 58.9 Å². The fourth-order valence-electron chi connectivity index (χ4n) is 0.655. The van der Waals surface area contributed by atoms with Crippen molar-refractivity contribution in [2.24, 2.45) is 0 Å². The van der Waals surface area contributed by atoms with Crippen molar-refractivity contribution in [3.8, 4) is 0 Å². The van der Waals surface area contributed by atoms with E-state index >= 15 is 0 Å². The third-order valence-electron chi connectivity index (χ3n) is 1.17. The van der Waals surface area contributed by atoms with E-state index < -0.39 is 8.72 Å². The van der Waals surface area contributed by atoms with E-state index in [1.807, 2.05) is 0 Å². The zero-order valence-electron chi connectivity index (χ0n) is 5.55. The molecule has 7 heteroatoms. The Bertz CT molecular complexity index is 304. The van der Waals surface area contributed by atoms with Gasteiger partial charge in [0.2, 0.25) is 0 Å². The lowest BCUT2D eigenvalue weighted by Gasteiger charge is -2.03. The van der Waals surface area contributed by atoms with Gasteiger partial charge in [0.15, 0.2) is 5.69 Å². The molecular formula is C5H3Cl3N2O2. The number of halogens is 3. The van der Waals surface area contributed by atoms with E-state index in [0.29, 0.717) is 0 Å². The molecule has 0 bridgehead atoms. The minimum atomic E-state index is -1.64. The van der Waals surface area contributed by atoms with Crippen LogP contribution in [0.25, 0.3) is 0 Å². The first kappa shape index (κ1) is 9.64. The van der Waals surface area contributed by atoms with Gasteiger partial charge in [-0.1, -0.05) is 34.8 Å². The first-order valence-corrected chi connectivity index (χ1v) is 3.95. The summed E-state index contributed by atoms with van der Waals surface area (Å²) in [5.74, 6) is -0.198. The van der Waals surface area contributed by atoms with Gasteiger partial charge in [-0.05, 0) is 11.0 Å². The molecule has 1 aromatic heterocycles. The number of nitrogens with zero attached hydrogens (tertiary/aromatic N) is 1. The minimum absolute atomic E-state index is 0.180. The SMILES string of the molecule is O=[N+]([O-])c1ccc(C(Cl)(Cl)Cl)[nH]1. The maximum atomic E-state index is 10.2. The molecule has 0 saturated heterocycles. The Balaban J connectivity index is 3.00. The highest BCUT2D eigenvalue weighted by Crippen LogP contribution is 2.38. The van der Waals surface area contributed by atoms with Crippen LogP contribution < -0.4 is 0 Å². The third-order valence-corrected chi connectivity index (χ3v) is 1.78. The number of rotatable bonds is 1. The van der Waals surface area contributed by atoms with Gasteiger partial charge < -0.3 is 10.1 Å². The van der Waals surface area contributed by atoms with Gasteiger partial charge in [-0.25, -0.2) is 4.98 Å². The minimum Gasteiger partial charge on any atom is -0.358 e. The zero-order valence-corrected chi connectivity index (χ0v) is 7.82. The number of nitro groups is 1. The molecule has 0 amide bonds. The van der Waals surface area contributed by atoms with Crippen molar-refractivity contribution in [2.75, 3.05) is 0 Å². The highest BCUT2D eigenvalue weighted by molar-refractivity contribution is 6.66. The molecule has 0 aliphatic heterocycles. The molecule has 0 aliphatic rings. The van der Waals surface area contributed by atoms with Gasteiger partial charge in [0.1, 0.15) is 0 Å². The van der Waals surface area contributed by atoms with Gasteiger partial charge in [0.25, 0.3) is 3.79 Å². The van der Waals surface area contributed by atoms with Crippen LogP contribution in [-0.4, -0.2) is 9.91 Å². The van der Waals surface area contributed by atoms with Crippen molar-refractivity contribution >= 4 is 40.6 Å². The van der Waals surface area contributed by atoms with Gasteiger partial charge in [0, 0.05) is 6.07 Å². The van der Waals surface area contributed by atoms with Gasteiger partial charge in [-0.3, -0.25) is 0 Å². The Morgan fingerprint density at radius 2 is 2.00 bits per heavy atom. The van der Waals surface area contributed by atoms with E-state index in [1.165, 1.54) is 12.1 Å². The Morgan fingerprint density at radius 3 is 2.25 bits per heavy atom. The lowest BCUT2D eigenvalue weighted by molar-refractivity contribution is -0.389. The van der Waals surface area contributed by atoms with Crippen molar-refractivity contribution < 1.29 is 4.92 Å². The molecule has 0 saturated carbocycles. The van der Waals surface area contributed by atoms with Crippen LogP contribution >= 0.6 is 34.8 Å². The third kappa shape index (κ3) is 2.03. The average molecular weight is 229 g/mol. The number of alkyl halides is 3. The van der Waals surface area contributed by atoms with Crippen LogP contribution in [0.5, 0.6) is 0 Å². The number of nitrogens with one attached hydrogen (secondary N) is 1.